The Labute approximate surface area is 207 Å². The number of thioether (sulfide) groups is 1. The molecule has 0 radical (unpaired) electrons. The van der Waals surface area contributed by atoms with Crippen molar-refractivity contribution < 1.29 is 9.53 Å². The molecule has 5 rings (SSSR count). The van der Waals surface area contributed by atoms with Crippen LogP contribution in [0.5, 0.6) is 0 Å². The van der Waals surface area contributed by atoms with E-state index in [4.69, 9.17) is 21.4 Å². The van der Waals surface area contributed by atoms with E-state index < -0.39 is 11.0 Å². The van der Waals surface area contributed by atoms with E-state index >= 15 is 0 Å². The first-order chi connectivity index (χ1) is 16.5. The minimum absolute atomic E-state index is 0.249. The van der Waals surface area contributed by atoms with Crippen LogP contribution >= 0.6 is 23.4 Å². The number of hydrazone groups is 2. The van der Waals surface area contributed by atoms with Gasteiger partial charge in [-0.05, 0) is 67.2 Å². The van der Waals surface area contributed by atoms with Gasteiger partial charge in [0.15, 0.2) is 0 Å². The van der Waals surface area contributed by atoms with Crippen LogP contribution in [0.15, 0.2) is 101 Å². The van der Waals surface area contributed by atoms with Crippen LogP contribution in [0.3, 0.4) is 0 Å². The van der Waals surface area contributed by atoms with Crippen molar-refractivity contribution in [3.8, 4) is 0 Å². The Bertz CT molecular complexity index is 1310. The van der Waals surface area contributed by atoms with Gasteiger partial charge in [-0.1, -0.05) is 59.6 Å². The Balaban J connectivity index is 1.66. The van der Waals surface area contributed by atoms with E-state index in [1.165, 1.54) is 18.9 Å². The standard InChI is InChI=1S/C26H21ClN4O2S/c1-18-8-14-22(15-9-18)31-26(34-24(29-31)25(32)33-2)17-16-23(19-10-12-20(27)13-11-19)28-30(26)21-6-4-3-5-7-21/h3-17H,1-2H3. The zero-order valence-corrected chi connectivity index (χ0v) is 20.1. The molecule has 34 heavy (non-hydrogen) atoms. The Kier molecular flexibility index (Phi) is 5.89. The number of carbonyl (C=O) groups is 1. The maximum absolute atomic E-state index is 12.5. The predicted molar refractivity (Wildman–Crippen MR) is 139 cm³/mol. The minimum atomic E-state index is -0.948. The first-order valence-electron chi connectivity index (χ1n) is 10.6. The molecule has 2 aliphatic rings. The number of esters is 1. The summed E-state index contributed by atoms with van der Waals surface area (Å²) in [7, 11) is 1.36. The van der Waals surface area contributed by atoms with Crippen molar-refractivity contribution in [1.82, 2.24) is 0 Å². The fraction of sp³-hybridized carbons (Fsp3) is 0.115. The lowest BCUT2D eigenvalue weighted by Gasteiger charge is -2.43. The molecular weight excluding hydrogens is 468 g/mol. The fourth-order valence-electron chi connectivity index (χ4n) is 3.76. The molecule has 3 aromatic rings. The van der Waals surface area contributed by atoms with Crippen LogP contribution in [0.25, 0.3) is 0 Å². The second kappa shape index (κ2) is 9.00. The Morgan fingerprint density at radius 3 is 2.24 bits per heavy atom. The highest BCUT2D eigenvalue weighted by Gasteiger charge is 2.51. The predicted octanol–water partition coefficient (Wildman–Crippen LogP) is 5.82. The normalized spacial score (nSPS) is 19.3. The van der Waals surface area contributed by atoms with Gasteiger partial charge in [0.1, 0.15) is 0 Å². The van der Waals surface area contributed by atoms with Gasteiger partial charge in [-0.25, -0.2) is 14.8 Å². The topological polar surface area (TPSA) is 57.5 Å². The summed E-state index contributed by atoms with van der Waals surface area (Å²) in [5.74, 6) is -0.493. The molecule has 0 amide bonds. The average molecular weight is 489 g/mol. The third kappa shape index (κ3) is 3.97. The lowest BCUT2D eigenvalue weighted by Crippen LogP contribution is -2.53. The van der Waals surface area contributed by atoms with Gasteiger partial charge in [-0.3, -0.25) is 0 Å². The molecule has 2 heterocycles. The number of halogens is 1. The first kappa shape index (κ1) is 22.3. The number of nitrogens with zero attached hydrogens (tertiary/aromatic N) is 4. The minimum Gasteiger partial charge on any atom is -0.464 e. The van der Waals surface area contributed by atoms with E-state index in [1.807, 2.05) is 108 Å². The number of para-hydroxylation sites is 1. The molecule has 3 aromatic carbocycles. The van der Waals surface area contributed by atoms with Gasteiger partial charge in [0.2, 0.25) is 10.0 Å². The maximum atomic E-state index is 12.5. The summed E-state index contributed by atoms with van der Waals surface area (Å²) in [6, 6.07) is 25.4. The summed E-state index contributed by atoms with van der Waals surface area (Å²) < 4.78 is 5.01. The zero-order chi connectivity index (χ0) is 23.7. The van der Waals surface area contributed by atoms with Gasteiger partial charge in [0, 0.05) is 10.6 Å². The molecule has 1 spiro atoms. The number of rotatable bonds is 4. The molecule has 6 nitrogen and oxygen atoms in total. The molecule has 0 saturated carbocycles. The molecule has 0 aliphatic carbocycles. The second-order valence-electron chi connectivity index (χ2n) is 7.78. The van der Waals surface area contributed by atoms with Crippen LogP contribution in [0.2, 0.25) is 5.02 Å². The molecule has 8 heteroatoms. The van der Waals surface area contributed by atoms with Crippen molar-refractivity contribution in [3.63, 3.8) is 0 Å². The van der Waals surface area contributed by atoms with Crippen molar-refractivity contribution in [3.05, 3.63) is 107 Å². The largest absolute Gasteiger partial charge is 0.464 e. The summed E-state index contributed by atoms with van der Waals surface area (Å²) >= 11 is 7.38. The van der Waals surface area contributed by atoms with Crippen LogP contribution in [0, 0.1) is 6.92 Å². The number of carbonyl (C=O) groups excluding carboxylic acids is 1. The number of aryl methyl sites for hydroxylation is 1. The zero-order valence-electron chi connectivity index (χ0n) is 18.6. The number of methoxy groups -OCH3 is 1. The van der Waals surface area contributed by atoms with E-state index in [9.17, 15) is 4.79 Å². The van der Waals surface area contributed by atoms with Crippen LogP contribution in [0.1, 0.15) is 11.1 Å². The molecule has 0 saturated heterocycles. The number of benzene rings is 3. The number of ether oxygens (including phenoxy) is 1. The van der Waals surface area contributed by atoms with Crippen molar-refractivity contribution in [2.24, 2.45) is 10.2 Å². The molecule has 2 aliphatic heterocycles. The highest BCUT2D eigenvalue weighted by atomic mass is 35.5. The Morgan fingerprint density at radius 2 is 1.56 bits per heavy atom. The van der Waals surface area contributed by atoms with E-state index in [-0.39, 0.29) is 5.04 Å². The highest BCUT2D eigenvalue weighted by Crippen LogP contribution is 2.48. The number of anilines is 2. The summed E-state index contributed by atoms with van der Waals surface area (Å²) in [5, 5.41) is 14.3. The van der Waals surface area contributed by atoms with Gasteiger partial charge in [0.25, 0.3) is 0 Å². The van der Waals surface area contributed by atoms with E-state index in [0.717, 1.165) is 28.2 Å². The average Bonchev–Trinajstić information content (AvgIpc) is 3.25. The van der Waals surface area contributed by atoms with Crippen molar-refractivity contribution in [2.45, 2.75) is 11.9 Å². The summed E-state index contributed by atoms with van der Waals surface area (Å²) in [6.45, 7) is 2.03. The molecule has 1 atom stereocenters. The van der Waals surface area contributed by atoms with Crippen LogP contribution in [-0.4, -0.2) is 28.8 Å². The molecule has 170 valence electrons. The SMILES string of the molecule is COC(=O)C1=NN(c2ccc(C)cc2)C2(C=CC(c3ccc(Cl)cc3)=NN2c2ccccc2)S1. The van der Waals surface area contributed by atoms with Crippen LogP contribution in [0.4, 0.5) is 11.4 Å². The quantitative estimate of drug-likeness (QED) is 0.433. The second-order valence-corrected chi connectivity index (χ2v) is 9.41. The van der Waals surface area contributed by atoms with Crippen molar-refractivity contribution in [1.29, 1.82) is 0 Å². The Hall–Kier alpha value is -3.55. The van der Waals surface area contributed by atoms with E-state index in [1.54, 1.807) is 0 Å². The van der Waals surface area contributed by atoms with Gasteiger partial charge in [-0.2, -0.15) is 10.2 Å². The third-order valence-corrected chi connectivity index (χ3v) is 6.97. The summed E-state index contributed by atoms with van der Waals surface area (Å²) in [4.78, 5) is 11.6. The molecular formula is C26H21ClN4O2S. The Morgan fingerprint density at radius 1 is 0.912 bits per heavy atom. The van der Waals surface area contributed by atoms with Gasteiger partial charge in [0.05, 0.1) is 24.2 Å². The lowest BCUT2D eigenvalue weighted by atomic mass is 10.1. The van der Waals surface area contributed by atoms with Crippen LogP contribution in [-0.2, 0) is 9.53 Å². The summed E-state index contributed by atoms with van der Waals surface area (Å²) in [6.07, 6.45) is 3.97. The van der Waals surface area contributed by atoms with Crippen molar-refractivity contribution in [2.75, 3.05) is 17.1 Å². The number of hydrogen-bond donors (Lipinski definition) is 0. The van der Waals surface area contributed by atoms with E-state index in [2.05, 4.69) is 5.10 Å². The van der Waals surface area contributed by atoms with Gasteiger partial charge < -0.3 is 4.74 Å². The third-order valence-electron chi connectivity index (χ3n) is 5.49. The molecule has 1 unspecified atom stereocenters. The van der Waals surface area contributed by atoms with Crippen LogP contribution < -0.4 is 10.0 Å². The van der Waals surface area contributed by atoms with Crippen molar-refractivity contribution >= 4 is 51.5 Å². The molecule has 0 fully saturated rings. The fourth-order valence-corrected chi connectivity index (χ4v) is 5.06. The van der Waals surface area contributed by atoms with Gasteiger partial charge >= 0.3 is 5.97 Å². The van der Waals surface area contributed by atoms with Gasteiger partial charge in [-0.15, -0.1) is 0 Å². The summed E-state index contributed by atoms with van der Waals surface area (Å²) in [5.41, 5.74) is 4.50. The first-order valence-corrected chi connectivity index (χ1v) is 11.8. The molecule has 0 aromatic heterocycles. The number of hydrogen-bond acceptors (Lipinski definition) is 7. The van der Waals surface area contributed by atoms with E-state index in [0.29, 0.717) is 5.02 Å². The number of allylic oxidation sites excluding steroid dienone is 1. The lowest BCUT2D eigenvalue weighted by molar-refractivity contribution is -0.132. The maximum Gasteiger partial charge on any atom is 0.365 e. The monoisotopic (exact) mass is 488 g/mol. The highest BCUT2D eigenvalue weighted by molar-refractivity contribution is 8.17. The smallest absolute Gasteiger partial charge is 0.365 e. The molecule has 0 bridgehead atoms. The molecule has 0 N–H and O–H groups in total.